The first-order valence-corrected chi connectivity index (χ1v) is 7.59. The zero-order chi connectivity index (χ0) is 14.4. The maximum atomic E-state index is 5.93. The van der Waals surface area contributed by atoms with Gasteiger partial charge < -0.3 is 9.47 Å². The number of benzene rings is 1. The fraction of sp³-hybridized carbons (Fsp3) is 0.529. The molecule has 1 aliphatic heterocycles. The van der Waals surface area contributed by atoms with E-state index in [0.717, 1.165) is 24.2 Å². The normalized spacial score (nSPS) is 20.2. The van der Waals surface area contributed by atoms with Gasteiger partial charge in [0.25, 0.3) is 0 Å². The average molecular weight is 293 g/mol. The highest BCUT2D eigenvalue weighted by Gasteiger charge is 2.31. The van der Waals surface area contributed by atoms with E-state index in [0.29, 0.717) is 18.9 Å². The summed E-state index contributed by atoms with van der Waals surface area (Å²) in [6.07, 6.45) is 3.00. The van der Waals surface area contributed by atoms with Crippen LogP contribution >= 0.6 is 11.6 Å². The molecule has 0 spiro atoms. The summed E-state index contributed by atoms with van der Waals surface area (Å²) in [6, 6.07) is 7.84. The summed E-state index contributed by atoms with van der Waals surface area (Å²) in [6.45, 7) is 4.83. The molecule has 1 aromatic rings. The summed E-state index contributed by atoms with van der Waals surface area (Å²) in [7, 11) is 0. The van der Waals surface area contributed by atoms with Crippen molar-refractivity contribution in [3.8, 4) is 17.6 Å². The molecule has 0 amide bonds. The minimum atomic E-state index is -0.0201. The Balaban J connectivity index is 1.95. The number of para-hydroxylation sites is 1. The van der Waals surface area contributed by atoms with E-state index in [4.69, 9.17) is 21.1 Å². The van der Waals surface area contributed by atoms with Crippen LogP contribution in [0.5, 0.6) is 5.75 Å². The van der Waals surface area contributed by atoms with Crippen molar-refractivity contribution in [1.82, 2.24) is 0 Å². The van der Waals surface area contributed by atoms with E-state index in [1.807, 2.05) is 24.3 Å². The van der Waals surface area contributed by atoms with Crippen molar-refractivity contribution >= 4 is 11.6 Å². The molecule has 1 heterocycles. The van der Waals surface area contributed by atoms with Crippen LogP contribution in [-0.4, -0.2) is 24.2 Å². The minimum absolute atomic E-state index is 0.0201. The molecular weight excluding hydrogens is 272 g/mol. The van der Waals surface area contributed by atoms with Crippen molar-refractivity contribution < 1.29 is 9.47 Å². The molecule has 1 unspecified atom stereocenters. The van der Waals surface area contributed by atoms with E-state index in [2.05, 4.69) is 25.7 Å². The van der Waals surface area contributed by atoms with Gasteiger partial charge in [-0.05, 0) is 38.8 Å². The number of hydrogen-bond acceptors (Lipinski definition) is 2. The predicted molar refractivity (Wildman–Crippen MR) is 82.3 cm³/mol. The Morgan fingerprint density at radius 2 is 2.20 bits per heavy atom. The maximum absolute atomic E-state index is 5.93. The Morgan fingerprint density at radius 3 is 2.90 bits per heavy atom. The number of alkyl halides is 1. The van der Waals surface area contributed by atoms with Crippen LogP contribution < -0.4 is 4.74 Å². The highest BCUT2D eigenvalue weighted by molar-refractivity contribution is 6.18. The molecule has 0 radical (unpaired) electrons. The van der Waals surface area contributed by atoms with E-state index in [1.165, 1.54) is 0 Å². The molecule has 2 rings (SSSR count). The highest BCUT2D eigenvalue weighted by atomic mass is 35.5. The molecule has 0 N–H and O–H groups in total. The van der Waals surface area contributed by atoms with Gasteiger partial charge in [-0.2, -0.15) is 0 Å². The van der Waals surface area contributed by atoms with Crippen molar-refractivity contribution in [1.29, 1.82) is 0 Å². The Kier molecular flexibility index (Phi) is 5.34. The Bertz CT molecular complexity index is 499. The van der Waals surface area contributed by atoms with Crippen LogP contribution in [0.3, 0.4) is 0 Å². The van der Waals surface area contributed by atoms with Crippen LogP contribution in [0.2, 0.25) is 0 Å². The lowest BCUT2D eigenvalue weighted by Crippen LogP contribution is -2.24. The van der Waals surface area contributed by atoms with Gasteiger partial charge in [0.2, 0.25) is 0 Å². The van der Waals surface area contributed by atoms with Crippen molar-refractivity contribution in [3.05, 3.63) is 29.8 Å². The van der Waals surface area contributed by atoms with E-state index in [-0.39, 0.29) is 11.7 Å². The smallest absolute Gasteiger partial charge is 0.135 e. The van der Waals surface area contributed by atoms with Crippen molar-refractivity contribution in [3.63, 3.8) is 0 Å². The van der Waals surface area contributed by atoms with Gasteiger partial charge in [-0.3, -0.25) is 0 Å². The van der Waals surface area contributed by atoms with Crippen LogP contribution in [0.4, 0.5) is 0 Å². The molecule has 108 valence electrons. The molecule has 1 aliphatic rings. The van der Waals surface area contributed by atoms with Crippen LogP contribution in [0, 0.1) is 11.8 Å². The number of rotatable bonds is 4. The van der Waals surface area contributed by atoms with Crippen LogP contribution in [-0.2, 0) is 4.74 Å². The lowest BCUT2D eigenvalue weighted by atomic mass is 10.1. The Morgan fingerprint density at radius 1 is 1.40 bits per heavy atom. The van der Waals surface area contributed by atoms with Crippen molar-refractivity contribution in [2.45, 2.75) is 44.8 Å². The molecule has 0 bridgehead atoms. The summed E-state index contributed by atoms with van der Waals surface area (Å²) in [5.41, 5.74) is 0.892. The molecule has 20 heavy (non-hydrogen) atoms. The van der Waals surface area contributed by atoms with Gasteiger partial charge in [-0.1, -0.05) is 24.0 Å². The largest absolute Gasteiger partial charge is 0.490 e. The predicted octanol–water partition coefficient (Wildman–Crippen LogP) is 4.00. The number of hydrogen-bond donors (Lipinski definition) is 0. The highest BCUT2D eigenvalue weighted by Crippen LogP contribution is 2.30. The van der Waals surface area contributed by atoms with E-state index >= 15 is 0 Å². The molecule has 3 heteroatoms. The first-order valence-electron chi connectivity index (χ1n) is 7.05. The van der Waals surface area contributed by atoms with Crippen molar-refractivity contribution in [2.24, 2.45) is 0 Å². The third kappa shape index (κ3) is 4.44. The standard InChI is InChI=1S/C17H21ClO2/c1-17(2)11-10-15(20-17)13-19-16-9-4-3-7-14(16)8-5-6-12-18/h3-4,7,9,15H,6,10-13H2,1-2H3. The van der Waals surface area contributed by atoms with Gasteiger partial charge in [0.1, 0.15) is 12.4 Å². The van der Waals surface area contributed by atoms with Gasteiger partial charge in [-0.15, -0.1) is 11.6 Å². The zero-order valence-electron chi connectivity index (χ0n) is 12.1. The van der Waals surface area contributed by atoms with Gasteiger partial charge in [-0.25, -0.2) is 0 Å². The fourth-order valence-electron chi connectivity index (χ4n) is 2.28. The van der Waals surface area contributed by atoms with Crippen molar-refractivity contribution in [2.75, 3.05) is 12.5 Å². The second-order valence-electron chi connectivity index (χ2n) is 5.59. The van der Waals surface area contributed by atoms with E-state index in [9.17, 15) is 0 Å². The second kappa shape index (κ2) is 7.02. The molecule has 0 aromatic heterocycles. The van der Waals surface area contributed by atoms with E-state index in [1.54, 1.807) is 0 Å². The lowest BCUT2D eigenvalue weighted by Gasteiger charge is -2.19. The Hall–Kier alpha value is -1.17. The van der Waals surface area contributed by atoms with Gasteiger partial charge >= 0.3 is 0 Å². The molecule has 2 nitrogen and oxygen atoms in total. The fourth-order valence-corrected chi connectivity index (χ4v) is 2.37. The third-order valence-electron chi connectivity index (χ3n) is 3.31. The summed E-state index contributed by atoms with van der Waals surface area (Å²) in [5, 5.41) is 0. The number of halogens is 1. The van der Waals surface area contributed by atoms with Crippen LogP contribution in [0.15, 0.2) is 24.3 Å². The molecular formula is C17H21ClO2. The third-order valence-corrected chi connectivity index (χ3v) is 3.50. The maximum Gasteiger partial charge on any atom is 0.135 e. The SMILES string of the molecule is CC1(C)CCC(COc2ccccc2C#CCCCl)O1. The molecule has 0 aliphatic carbocycles. The van der Waals surface area contributed by atoms with Gasteiger partial charge in [0.05, 0.1) is 17.3 Å². The Labute approximate surface area is 126 Å². The second-order valence-corrected chi connectivity index (χ2v) is 5.96. The molecule has 1 atom stereocenters. The summed E-state index contributed by atoms with van der Waals surface area (Å²) in [5.74, 6) is 7.52. The monoisotopic (exact) mass is 292 g/mol. The molecule has 1 aromatic carbocycles. The molecule has 0 saturated carbocycles. The first-order chi connectivity index (χ1) is 9.61. The molecule has 1 saturated heterocycles. The zero-order valence-corrected chi connectivity index (χ0v) is 12.9. The quantitative estimate of drug-likeness (QED) is 0.617. The number of ether oxygens (including phenoxy) is 2. The topological polar surface area (TPSA) is 18.5 Å². The summed E-state index contributed by atoms with van der Waals surface area (Å²) >= 11 is 5.63. The van der Waals surface area contributed by atoms with Gasteiger partial charge in [0, 0.05) is 12.3 Å². The lowest BCUT2D eigenvalue weighted by molar-refractivity contribution is -0.0326. The van der Waals surface area contributed by atoms with Crippen LogP contribution in [0.25, 0.3) is 0 Å². The summed E-state index contributed by atoms with van der Waals surface area (Å²) in [4.78, 5) is 0. The summed E-state index contributed by atoms with van der Waals surface area (Å²) < 4.78 is 11.8. The van der Waals surface area contributed by atoms with Crippen LogP contribution in [0.1, 0.15) is 38.7 Å². The van der Waals surface area contributed by atoms with E-state index < -0.39 is 0 Å². The first kappa shape index (κ1) is 15.2. The average Bonchev–Trinajstić information content (AvgIpc) is 2.77. The van der Waals surface area contributed by atoms with Gasteiger partial charge in [0.15, 0.2) is 0 Å². The minimum Gasteiger partial charge on any atom is -0.490 e. The molecule has 1 fully saturated rings.